The fourth-order valence-corrected chi connectivity index (χ4v) is 3.95. The van der Waals surface area contributed by atoms with Gasteiger partial charge < -0.3 is 5.73 Å². The third-order valence-corrected chi connectivity index (χ3v) is 5.46. The average molecular weight is 297 g/mol. The van der Waals surface area contributed by atoms with Crippen LogP contribution in [-0.2, 0) is 16.6 Å². The monoisotopic (exact) mass is 297 g/mol. The van der Waals surface area contributed by atoms with Crippen molar-refractivity contribution in [2.45, 2.75) is 56.5 Å². The number of nitrogens with one attached hydrogen (secondary N) is 1. The fraction of sp³-hybridized carbons (Fsp3) is 0.643. The van der Waals surface area contributed by atoms with Crippen LogP contribution < -0.4 is 10.5 Å². The van der Waals surface area contributed by atoms with Gasteiger partial charge in [-0.1, -0.05) is 26.2 Å². The lowest BCUT2D eigenvalue weighted by atomic mass is 9.98. The predicted octanol–water partition coefficient (Wildman–Crippen LogP) is 1.79. The van der Waals surface area contributed by atoms with E-state index in [0.29, 0.717) is 18.2 Å². The van der Waals surface area contributed by atoms with Gasteiger partial charge in [-0.25, -0.2) is 13.1 Å². The molecule has 5 nitrogen and oxygen atoms in total. The van der Waals surface area contributed by atoms with Gasteiger partial charge in [-0.05, 0) is 30.9 Å². The Bertz CT molecular complexity index is 528. The molecule has 20 heavy (non-hydrogen) atoms. The molecule has 2 unspecified atom stereocenters. The summed E-state index contributed by atoms with van der Waals surface area (Å²) in [5, 5.41) is 0. The van der Waals surface area contributed by atoms with Gasteiger partial charge in [0.1, 0.15) is 4.90 Å². The van der Waals surface area contributed by atoms with Crippen molar-refractivity contribution < 1.29 is 8.42 Å². The number of sulfonamides is 1. The third kappa shape index (κ3) is 3.77. The molecule has 6 heteroatoms. The van der Waals surface area contributed by atoms with Crippen molar-refractivity contribution >= 4 is 10.0 Å². The molecule has 2 atom stereocenters. The Labute approximate surface area is 121 Å². The lowest BCUT2D eigenvalue weighted by Crippen LogP contribution is -2.38. The van der Waals surface area contributed by atoms with Gasteiger partial charge in [0, 0.05) is 18.8 Å². The van der Waals surface area contributed by atoms with Crippen LogP contribution >= 0.6 is 0 Å². The van der Waals surface area contributed by atoms with E-state index in [0.717, 1.165) is 19.3 Å². The predicted molar refractivity (Wildman–Crippen MR) is 78.5 cm³/mol. The Balaban J connectivity index is 2.12. The highest BCUT2D eigenvalue weighted by Gasteiger charge is 2.25. The Morgan fingerprint density at radius 1 is 1.30 bits per heavy atom. The summed E-state index contributed by atoms with van der Waals surface area (Å²) in [6.45, 7) is 2.43. The minimum atomic E-state index is -3.49. The van der Waals surface area contributed by atoms with E-state index in [1.165, 1.54) is 19.0 Å². The SMILES string of the molecule is CC1CCCCCC1NS(=O)(=O)c1ccc(CN)nc1. The van der Waals surface area contributed by atoms with E-state index in [-0.39, 0.29) is 10.9 Å². The number of nitrogens with two attached hydrogens (primary N) is 1. The molecule has 0 spiro atoms. The summed E-state index contributed by atoms with van der Waals surface area (Å²) in [5.74, 6) is 0.378. The standard InChI is InChI=1S/C14H23N3O2S/c1-11-5-3-2-4-6-14(11)17-20(18,19)13-8-7-12(9-15)16-10-13/h7-8,10-11,14,17H,2-6,9,15H2,1H3. The summed E-state index contributed by atoms with van der Waals surface area (Å²) in [7, 11) is -3.49. The van der Waals surface area contributed by atoms with Crippen LogP contribution in [0.1, 0.15) is 44.7 Å². The first-order valence-corrected chi connectivity index (χ1v) is 8.68. The lowest BCUT2D eigenvalue weighted by molar-refractivity contribution is 0.399. The molecule has 3 N–H and O–H groups in total. The molecule has 0 amide bonds. The summed E-state index contributed by atoms with van der Waals surface area (Å²) in [6, 6.07) is 3.25. The molecule has 1 fully saturated rings. The first-order chi connectivity index (χ1) is 9.53. The second-order valence-corrected chi connectivity index (χ2v) is 7.25. The summed E-state index contributed by atoms with van der Waals surface area (Å²) in [6.07, 6.45) is 6.83. The number of nitrogens with zero attached hydrogens (tertiary/aromatic N) is 1. The molecule has 1 aromatic rings. The highest BCUT2D eigenvalue weighted by molar-refractivity contribution is 7.89. The first kappa shape index (κ1) is 15.4. The zero-order chi connectivity index (χ0) is 14.6. The Morgan fingerprint density at radius 3 is 2.70 bits per heavy atom. The number of hydrogen-bond acceptors (Lipinski definition) is 4. The molecular weight excluding hydrogens is 274 g/mol. The number of pyridine rings is 1. The van der Waals surface area contributed by atoms with Crippen molar-refractivity contribution in [1.82, 2.24) is 9.71 Å². The highest BCUT2D eigenvalue weighted by Crippen LogP contribution is 2.24. The number of aromatic nitrogens is 1. The molecular formula is C14H23N3O2S. The Hall–Kier alpha value is -0.980. The molecule has 1 heterocycles. The van der Waals surface area contributed by atoms with Gasteiger partial charge in [0.25, 0.3) is 0 Å². The molecule has 1 saturated carbocycles. The van der Waals surface area contributed by atoms with Crippen molar-refractivity contribution in [3.05, 3.63) is 24.0 Å². The van der Waals surface area contributed by atoms with Crippen LogP contribution in [0.3, 0.4) is 0 Å². The molecule has 1 aliphatic carbocycles. The largest absolute Gasteiger partial charge is 0.325 e. The van der Waals surface area contributed by atoms with Gasteiger partial charge in [0.15, 0.2) is 0 Å². The van der Waals surface area contributed by atoms with Crippen molar-refractivity contribution in [3.8, 4) is 0 Å². The van der Waals surface area contributed by atoms with E-state index in [4.69, 9.17) is 5.73 Å². The summed E-state index contributed by atoms with van der Waals surface area (Å²) >= 11 is 0. The van der Waals surface area contributed by atoms with Crippen LogP contribution in [0, 0.1) is 5.92 Å². The van der Waals surface area contributed by atoms with E-state index in [1.807, 2.05) is 0 Å². The summed E-state index contributed by atoms with van der Waals surface area (Å²) < 4.78 is 27.6. The van der Waals surface area contributed by atoms with Crippen LogP contribution in [0.25, 0.3) is 0 Å². The molecule has 2 rings (SSSR count). The van der Waals surface area contributed by atoms with Gasteiger partial charge in [0.2, 0.25) is 10.0 Å². The highest BCUT2D eigenvalue weighted by atomic mass is 32.2. The van der Waals surface area contributed by atoms with E-state index < -0.39 is 10.0 Å². The van der Waals surface area contributed by atoms with E-state index in [9.17, 15) is 8.42 Å². The van der Waals surface area contributed by atoms with Crippen molar-refractivity contribution in [3.63, 3.8) is 0 Å². The molecule has 0 radical (unpaired) electrons. The summed E-state index contributed by atoms with van der Waals surface area (Å²) in [5.41, 5.74) is 6.15. The van der Waals surface area contributed by atoms with Crippen LogP contribution in [0.4, 0.5) is 0 Å². The number of hydrogen-bond donors (Lipinski definition) is 2. The van der Waals surface area contributed by atoms with Gasteiger partial charge in [-0.15, -0.1) is 0 Å². The molecule has 0 bridgehead atoms. The zero-order valence-corrected chi connectivity index (χ0v) is 12.7. The van der Waals surface area contributed by atoms with Gasteiger partial charge in [-0.2, -0.15) is 0 Å². The van der Waals surface area contributed by atoms with Gasteiger partial charge in [-0.3, -0.25) is 4.98 Å². The smallest absolute Gasteiger partial charge is 0.242 e. The van der Waals surface area contributed by atoms with Crippen molar-refractivity contribution in [2.75, 3.05) is 0 Å². The minimum absolute atomic E-state index is 0.0247. The second kappa shape index (κ2) is 6.65. The summed E-state index contributed by atoms with van der Waals surface area (Å²) in [4.78, 5) is 4.26. The van der Waals surface area contributed by atoms with Crippen molar-refractivity contribution in [2.24, 2.45) is 11.7 Å². The number of rotatable bonds is 4. The molecule has 112 valence electrons. The molecule has 1 aromatic heterocycles. The Kier molecular flexibility index (Phi) is 5.12. The maximum Gasteiger partial charge on any atom is 0.242 e. The Morgan fingerprint density at radius 2 is 2.05 bits per heavy atom. The van der Waals surface area contributed by atoms with Crippen molar-refractivity contribution in [1.29, 1.82) is 0 Å². The van der Waals surface area contributed by atoms with Crippen LogP contribution in [0.5, 0.6) is 0 Å². The van der Waals surface area contributed by atoms with Crippen LogP contribution in [0.2, 0.25) is 0 Å². The topological polar surface area (TPSA) is 85.1 Å². The van der Waals surface area contributed by atoms with E-state index >= 15 is 0 Å². The average Bonchev–Trinajstić information content (AvgIpc) is 2.64. The molecule has 0 aliphatic heterocycles. The molecule has 0 saturated heterocycles. The molecule has 0 aromatic carbocycles. The van der Waals surface area contributed by atoms with Gasteiger partial charge in [0.05, 0.1) is 5.69 Å². The first-order valence-electron chi connectivity index (χ1n) is 7.20. The van der Waals surface area contributed by atoms with E-state index in [1.54, 1.807) is 12.1 Å². The third-order valence-electron chi connectivity index (χ3n) is 3.99. The van der Waals surface area contributed by atoms with E-state index in [2.05, 4.69) is 16.6 Å². The van der Waals surface area contributed by atoms with Crippen LogP contribution in [-0.4, -0.2) is 19.4 Å². The maximum atomic E-state index is 12.4. The molecule has 1 aliphatic rings. The van der Waals surface area contributed by atoms with Crippen LogP contribution in [0.15, 0.2) is 23.2 Å². The van der Waals surface area contributed by atoms with Gasteiger partial charge >= 0.3 is 0 Å². The lowest BCUT2D eigenvalue weighted by Gasteiger charge is -2.22. The minimum Gasteiger partial charge on any atom is -0.325 e. The maximum absolute atomic E-state index is 12.4. The fourth-order valence-electron chi connectivity index (χ4n) is 2.63. The quantitative estimate of drug-likeness (QED) is 0.830. The zero-order valence-electron chi connectivity index (χ0n) is 11.9. The normalized spacial score (nSPS) is 24.3. The second-order valence-electron chi connectivity index (χ2n) is 5.53.